The number of hydrogen-bond donors (Lipinski definition) is 0. The standard InChI is InChI=1S/C24H17FN2O3/c1-16(28)30-20-6-4-5-17(15-20)9-14-23-26-22-8-3-2-7-21(22)24(29)27(23)19-12-10-18(25)11-13-19/h2-15H,1H3/b14-9+. The van der Waals surface area contributed by atoms with Crippen molar-refractivity contribution in [1.29, 1.82) is 0 Å². The van der Waals surface area contributed by atoms with Crippen molar-refractivity contribution in [2.75, 3.05) is 0 Å². The van der Waals surface area contributed by atoms with Crippen LogP contribution in [0.4, 0.5) is 4.39 Å². The van der Waals surface area contributed by atoms with E-state index >= 15 is 0 Å². The summed E-state index contributed by atoms with van der Waals surface area (Å²) in [4.78, 5) is 29.0. The number of rotatable bonds is 4. The number of carbonyl (C=O) groups is 1. The van der Waals surface area contributed by atoms with E-state index in [4.69, 9.17) is 4.74 Å². The fraction of sp³-hybridized carbons (Fsp3) is 0.0417. The third-order valence-corrected chi connectivity index (χ3v) is 4.43. The highest BCUT2D eigenvalue weighted by Gasteiger charge is 2.11. The molecule has 30 heavy (non-hydrogen) atoms. The molecule has 0 fully saturated rings. The highest BCUT2D eigenvalue weighted by Crippen LogP contribution is 2.18. The first-order valence-electron chi connectivity index (χ1n) is 9.25. The fourth-order valence-electron chi connectivity index (χ4n) is 3.12. The van der Waals surface area contributed by atoms with Crippen molar-refractivity contribution in [1.82, 2.24) is 9.55 Å². The van der Waals surface area contributed by atoms with Crippen LogP contribution in [-0.2, 0) is 4.79 Å². The Kier molecular flexibility index (Phi) is 5.22. The van der Waals surface area contributed by atoms with Gasteiger partial charge in [-0.15, -0.1) is 0 Å². The molecule has 0 amide bonds. The first kappa shape index (κ1) is 19.3. The van der Waals surface area contributed by atoms with Crippen molar-refractivity contribution in [2.24, 2.45) is 0 Å². The largest absolute Gasteiger partial charge is 0.427 e. The topological polar surface area (TPSA) is 61.2 Å². The molecule has 0 atom stereocenters. The van der Waals surface area contributed by atoms with E-state index in [9.17, 15) is 14.0 Å². The smallest absolute Gasteiger partial charge is 0.308 e. The molecule has 0 bridgehead atoms. The minimum absolute atomic E-state index is 0.250. The number of halogens is 1. The van der Waals surface area contributed by atoms with Crippen LogP contribution in [0.25, 0.3) is 28.7 Å². The maximum atomic E-state index is 13.4. The third kappa shape index (κ3) is 4.03. The van der Waals surface area contributed by atoms with Crippen LogP contribution in [-0.4, -0.2) is 15.5 Å². The number of hydrogen-bond acceptors (Lipinski definition) is 4. The highest BCUT2D eigenvalue weighted by molar-refractivity contribution is 5.80. The van der Waals surface area contributed by atoms with E-state index in [0.29, 0.717) is 28.2 Å². The Morgan fingerprint density at radius 1 is 1.00 bits per heavy atom. The average molecular weight is 400 g/mol. The number of nitrogens with zero attached hydrogens (tertiary/aromatic N) is 2. The molecule has 0 saturated carbocycles. The van der Waals surface area contributed by atoms with Gasteiger partial charge in [0, 0.05) is 6.92 Å². The summed E-state index contributed by atoms with van der Waals surface area (Å²) in [7, 11) is 0. The van der Waals surface area contributed by atoms with Gasteiger partial charge in [0.2, 0.25) is 0 Å². The summed E-state index contributed by atoms with van der Waals surface area (Å²) in [6, 6.07) is 19.7. The molecule has 3 aromatic carbocycles. The molecule has 0 aliphatic rings. The summed E-state index contributed by atoms with van der Waals surface area (Å²) in [5, 5.41) is 0.468. The second kappa shape index (κ2) is 8.13. The Hall–Kier alpha value is -4.06. The minimum Gasteiger partial charge on any atom is -0.427 e. The number of ether oxygens (including phenoxy) is 1. The van der Waals surface area contributed by atoms with Gasteiger partial charge in [-0.25, -0.2) is 9.37 Å². The Bertz CT molecular complexity index is 1320. The number of para-hydroxylation sites is 1. The maximum absolute atomic E-state index is 13.4. The first-order chi connectivity index (χ1) is 14.5. The zero-order valence-corrected chi connectivity index (χ0v) is 16.1. The lowest BCUT2D eigenvalue weighted by atomic mass is 10.2. The van der Waals surface area contributed by atoms with E-state index in [1.807, 2.05) is 12.1 Å². The lowest BCUT2D eigenvalue weighted by Crippen LogP contribution is -2.22. The van der Waals surface area contributed by atoms with E-state index in [1.165, 1.54) is 35.8 Å². The average Bonchev–Trinajstić information content (AvgIpc) is 2.73. The van der Waals surface area contributed by atoms with Crippen LogP contribution < -0.4 is 10.3 Å². The monoisotopic (exact) mass is 400 g/mol. The zero-order valence-electron chi connectivity index (χ0n) is 16.1. The van der Waals surface area contributed by atoms with Crippen molar-refractivity contribution in [2.45, 2.75) is 6.92 Å². The number of carbonyl (C=O) groups excluding carboxylic acids is 1. The second-order valence-corrected chi connectivity index (χ2v) is 6.60. The number of esters is 1. The van der Waals surface area contributed by atoms with Gasteiger partial charge in [0.05, 0.1) is 16.6 Å². The number of benzene rings is 3. The summed E-state index contributed by atoms with van der Waals surface area (Å²) in [6.45, 7) is 1.34. The Morgan fingerprint density at radius 3 is 2.53 bits per heavy atom. The molecule has 6 heteroatoms. The van der Waals surface area contributed by atoms with Crippen LogP contribution >= 0.6 is 0 Å². The molecule has 0 radical (unpaired) electrons. The van der Waals surface area contributed by atoms with Crippen LogP contribution in [0, 0.1) is 5.82 Å². The van der Waals surface area contributed by atoms with E-state index in [0.717, 1.165) is 5.56 Å². The fourth-order valence-corrected chi connectivity index (χ4v) is 3.12. The molecule has 0 aliphatic carbocycles. The van der Waals surface area contributed by atoms with Gasteiger partial charge < -0.3 is 4.74 Å². The maximum Gasteiger partial charge on any atom is 0.308 e. The summed E-state index contributed by atoms with van der Waals surface area (Å²) < 4.78 is 19.9. The van der Waals surface area contributed by atoms with E-state index < -0.39 is 5.97 Å². The van der Waals surface area contributed by atoms with E-state index in [1.54, 1.807) is 48.6 Å². The van der Waals surface area contributed by atoms with Crippen LogP contribution in [0.5, 0.6) is 5.75 Å². The summed E-state index contributed by atoms with van der Waals surface area (Å²) in [5.74, 6) is 0.0210. The summed E-state index contributed by atoms with van der Waals surface area (Å²) >= 11 is 0. The Labute approximate surface area is 171 Å². The number of fused-ring (bicyclic) bond motifs is 1. The molecule has 148 valence electrons. The molecule has 0 saturated heterocycles. The normalized spacial score (nSPS) is 11.1. The second-order valence-electron chi connectivity index (χ2n) is 6.60. The summed E-state index contributed by atoms with van der Waals surface area (Å²) in [5.41, 5.74) is 1.59. The van der Waals surface area contributed by atoms with Crippen molar-refractivity contribution in [3.63, 3.8) is 0 Å². The zero-order chi connectivity index (χ0) is 21.1. The van der Waals surface area contributed by atoms with Crippen LogP contribution in [0.15, 0.2) is 77.6 Å². The molecule has 1 aromatic heterocycles. The lowest BCUT2D eigenvalue weighted by molar-refractivity contribution is -0.131. The molecular formula is C24H17FN2O3. The molecular weight excluding hydrogens is 383 g/mol. The van der Waals surface area contributed by atoms with Crippen LogP contribution in [0.2, 0.25) is 0 Å². The van der Waals surface area contributed by atoms with Gasteiger partial charge in [-0.05, 0) is 60.2 Å². The molecule has 0 spiro atoms. The SMILES string of the molecule is CC(=O)Oc1cccc(/C=C/c2nc3ccccc3c(=O)n2-c2ccc(F)cc2)c1. The quantitative estimate of drug-likeness (QED) is 0.370. The first-order valence-corrected chi connectivity index (χ1v) is 9.25. The van der Waals surface area contributed by atoms with Gasteiger partial charge >= 0.3 is 5.97 Å². The highest BCUT2D eigenvalue weighted by atomic mass is 19.1. The van der Waals surface area contributed by atoms with Crippen molar-refractivity contribution >= 4 is 29.0 Å². The molecule has 1 heterocycles. The van der Waals surface area contributed by atoms with E-state index in [-0.39, 0.29) is 11.4 Å². The predicted octanol–water partition coefficient (Wildman–Crippen LogP) is 4.62. The van der Waals surface area contributed by atoms with Gasteiger partial charge in [0.15, 0.2) is 0 Å². The third-order valence-electron chi connectivity index (χ3n) is 4.43. The number of aromatic nitrogens is 2. The molecule has 4 rings (SSSR count). The van der Waals surface area contributed by atoms with Gasteiger partial charge in [-0.1, -0.05) is 30.3 Å². The lowest BCUT2D eigenvalue weighted by Gasteiger charge is -2.11. The van der Waals surface area contributed by atoms with Crippen molar-refractivity contribution < 1.29 is 13.9 Å². The van der Waals surface area contributed by atoms with Gasteiger partial charge in [0.1, 0.15) is 17.4 Å². The van der Waals surface area contributed by atoms with E-state index in [2.05, 4.69) is 4.98 Å². The summed E-state index contributed by atoms with van der Waals surface area (Å²) in [6.07, 6.45) is 3.47. The van der Waals surface area contributed by atoms with Gasteiger partial charge in [-0.3, -0.25) is 14.2 Å². The Balaban J connectivity index is 1.84. The van der Waals surface area contributed by atoms with Crippen molar-refractivity contribution in [3.05, 3.63) is 100 Å². The molecule has 0 aliphatic heterocycles. The van der Waals surface area contributed by atoms with Gasteiger partial charge in [0.25, 0.3) is 5.56 Å². The van der Waals surface area contributed by atoms with Crippen LogP contribution in [0.1, 0.15) is 18.3 Å². The minimum atomic E-state index is -0.405. The van der Waals surface area contributed by atoms with Gasteiger partial charge in [-0.2, -0.15) is 0 Å². The molecule has 0 N–H and O–H groups in total. The van der Waals surface area contributed by atoms with Crippen molar-refractivity contribution in [3.8, 4) is 11.4 Å². The molecule has 4 aromatic rings. The molecule has 5 nitrogen and oxygen atoms in total. The van der Waals surface area contributed by atoms with Crippen LogP contribution in [0.3, 0.4) is 0 Å². The molecule has 0 unspecified atom stereocenters. The predicted molar refractivity (Wildman–Crippen MR) is 114 cm³/mol. The Morgan fingerprint density at radius 2 is 1.77 bits per heavy atom.